The summed E-state index contributed by atoms with van der Waals surface area (Å²) in [6.07, 6.45) is 1.53. The molecule has 2 aliphatic rings. The number of morpholine rings is 1. The molecule has 0 spiro atoms. The summed E-state index contributed by atoms with van der Waals surface area (Å²) in [4.78, 5) is 15.4. The smallest absolute Gasteiger partial charge is 0.274 e. The number of hydrogen-bond donors (Lipinski definition) is 0. The number of fused-ring (bicyclic) bond motifs is 3. The number of para-hydroxylation sites is 1. The molecule has 0 unspecified atom stereocenters. The second-order valence-electron chi connectivity index (χ2n) is 8.51. The maximum Gasteiger partial charge on any atom is 0.274 e. The zero-order chi connectivity index (χ0) is 23.7. The summed E-state index contributed by atoms with van der Waals surface area (Å²) in [5.74, 6) is -0.515. The van der Waals surface area contributed by atoms with E-state index in [1.54, 1.807) is 22.8 Å². The van der Waals surface area contributed by atoms with E-state index < -0.39 is 9.84 Å². The number of aromatic nitrogens is 2. The van der Waals surface area contributed by atoms with Crippen LogP contribution in [0.2, 0.25) is 0 Å². The number of ether oxygens (including phenoxy) is 2. The number of aryl methyl sites for hydroxylation is 1. The van der Waals surface area contributed by atoms with Crippen molar-refractivity contribution in [2.45, 2.75) is 23.5 Å². The van der Waals surface area contributed by atoms with Crippen molar-refractivity contribution >= 4 is 15.7 Å². The van der Waals surface area contributed by atoms with Crippen molar-refractivity contribution in [1.82, 2.24) is 14.7 Å². The van der Waals surface area contributed by atoms with Gasteiger partial charge in [-0.05, 0) is 36.6 Å². The van der Waals surface area contributed by atoms with Crippen molar-refractivity contribution < 1.29 is 22.7 Å². The van der Waals surface area contributed by atoms with Gasteiger partial charge in [0.15, 0.2) is 15.5 Å². The van der Waals surface area contributed by atoms with Crippen LogP contribution >= 0.6 is 0 Å². The Morgan fingerprint density at radius 3 is 2.62 bits per heavy atom. The Balaban J connectivity index is 1.66. The molecular weight excluding hydrogens is 454 g/mol. The molecular formula is C25H27N3O5S. The van der Waals surface area contributed by atoms with Crippen LogP contribution in [0.3, 0.4) is 0 Å². The van der Waals surface area contributed by atoms with Gasteiger partial charge >= 0.3 is 0 Å². The summed E-state index contributed by atoms with van der Waals surface area (Å²) in [5.41, 5.74) is 3.61. The van der Waals surface area contributed by atoms with Crippen molar-refractivity contribution in [2.75, 3.05) is 40.0 Å². The van der Waals surface area contributed by atoms with E-state index in [4.69, 9.17) is 9.47 Å². The standard InChI is InChI=1S/C25H27N3O5S/c1-32-13-5-6-18-9-10-20-22(16-18)34(30,31)17-21-23(25(29)27-11-14-33-15-12-27)26-28(24(20)21)19-7-3-2-4-8-19/h2-4,7-10,16H,5-6,11-15,17H2,1H3. The Hall–Kier alpha value is -3.01. The molecule has 0 N–H and O–H groups in total. The highest BCUT2D eigenvalue weighted by atomic mass is 32.2. The molecule has 34 heavy (non-hydrogen) atoms. The van der Waals surface area contributed by atoms with Gasteiger partial charge in [-0.15, -0.1) is 0 Å². The summed E-state index contributed by atoms with van der Waals surface area (Å²) >= 11 is 0. The second-order valence-corrected chi connectivity index (χ2v) is 10.5. The first-order chi connectivity index (χ1) is 16.5. The number of sulfone groups is 1. The third kappa shape index (κ3) is 4.15. The number of hydrogen-bond acceptors (Lipinski definition) is 6. The highest BCUT2D eigenvalue weighted by Crippen LogP contribution is 2.41. The topological polar surface area (TPSA) is 90.7 Å². The van der Waals surface area contributed by atoms with Crippen LogP contribution in [0.15, 0.2) is 53.4 Å². The van der Waals surface area contributed by atoms with Gasteiger partial charge < -0.3 is 14.4 Å². The highest BCUT2D eigenvalue weighted by molar-refractivity contribution is 7.90. The molecule has 178 valence electrons. The lowest BCUT2D eigenvalue weighted by molar-refractivity contribution is 0.0298. The number of benzene rings is 2. The first kappa shape index (κ1) is 22.8. The quantitative estimate of drug-likeness (QED) is 0.503. The molecule has 0 atom stereocenters. The van der Waals surface area contributed by atoms with Crippen molar-refractivity contribution in [2.24, 2.45) is 0 Å². The summed E-state index contributed by atoms with van der Waals surface area (Å²) in [5, 5.41) is 4.69. The van der Waals surface area contributed by atoms with Gasteiger partial charge in [-0.2, -0.15) is 5.10 Å². The molecule has 5 rings (SSSR count). The average molecular weight is 482 g/mol. The predicted molar refractivity (Wildman–Crippen MR) is 127 cm³/mol. The Kier molecular flexibility index (Phi) is 6.24. The molecule has 0 bridgehead atoms. The molecule has 1 saturated heterocycles. The van der Waals surface area contributed by atoms with Gasteiger partial charge in [0.2, 0.25) is 0 Å². The van der Waals surface area contributed by atoms with Gasteiger partial charge in [-0.3, -0.25) is 4.79 Å². The number of rotatable bonds is 6. The van der Waals surface area contributed by atoms with Gasteiger partial charge in [0, 0.05) is 37.9 Å². The van der Waals surface area contributed by atoms with Crippen LogP contribution in [0.4, 0.5) is 0 Å². The summed E-state index contributed by atoms with van der Waals surface area (Å²) in [7, 11) is -1.99. The van der Waals surface area contributed by atoms with Crippen LogP contribution in [0, 0.1) is 0 Å². The van der Waals surface area contributed by atoms with E-state index in [1.807, 2.05) is 42.5 Å². The van der Waals surface area contributed by atoms with E-state index in [9.17, 15) is 13.2 Å². The Morgan fingerprint density at radius 2 is 1.88 bits per heavy atom. The fourth-order valence-electron chi connectivity index (χ4n) is 4.57. The minimum atomic E-state index is -3.64. The van der Waals surface area contributed by atoms with Gasteiger partial charge in [0.1, 0.15) is 0 Å². The first-order valence-corrected chi connectivity index (χ1v) is 13.0. The van der Waals surface area contributed by atoms with Gasteiger partial charge in [-0.1, -0.05) is 30.3 Å². The number of nitrogens with zero attached hydrogens (tertiary/aromatic N) is 3. The minimum absolute atomic E-state index is 0.194. The van der Waals surface area contributed by atoms with Crippen LogP contribution in [-0.2, 0) is 31.5 Å². The van der Waals surface area contributed by atoms with Crippen molar-refractivity contribution in [1.29, 1.82) is 0 Å². The lowest BCUT2D eigenvalue weighted by Crippen LogP contribution is -2.41. The highest BCUT2D eigenvalue weighted by Gasteiger charge is 2.37. The second kappa shape index (κ2) is 9.32. The molecule has 2 aliphatic heterocycles. The molecule has 1 amide bonds. The molecule has 0 aliphatic carbocycles. The molecule has 3 heterocycles. The third-order valence-electron chi connectivity index (χ3n) is 6.27. The minimum Gasteiger partial charge on any atom is -0.385 e. The SMILES string of the molecule is COCCCc1ccc2c(c1)S(=O)(=O)Cc1c(C(=O)N3CCOCC3)nn(-c3ccccc3)c1-2. The van der Waals surface area contributed by atoms with E-state index in [0.717, 1.165) is 24.1 Å². The number of methoxy groups -OCH3 is 1. The summed E-state index contributed by atoms with van der Waals surface area (Å²) in [6.45, 7) is 2.45. The lowest BCUT2D eigenvalue weighted by Gasteiger charge is -2.26. The van der Waals surface area contributed by atoms with Gasteiger partial charge in [0.05, 0.1) is 35.2 Å². The van der Waals surface area contributed by atoms with E-state index >= 15 is 0 Å². The Labute approximate surface area is 199 Å². The van der Waals surface area contributed by atoms with Crippen molar-refractivity contribution in [3.05, 3.63) is 65.4 Å². The monoisotopic (exact) mass is 481 g/mol. The van der Waals surface area contributed by atoms with Crippen LogP contribution in [0.25, 0.3) is 16.9 Å². The largest absolute Gasteiger partial charge is 0.385 e. The third-order valence-corrected chi connectivity index (χ3v) is 7.95. The molecule has 1 fully saturated rings. The Bertz CT molecular complexity index is 1310. The zero-order valence-corrected chi connectivity index (χ0v) is 19.9. The normalized spacial score (nSPS) is 16.7. The van der Waals surface area contributed by atoms with Crippen LogP contribution < -0.4 is 0 Å². The summed E-state index contributed by atoms with van der Waals surface area (Å²) < 4.78 is 39.0. The molecule has 9 heteroatoms. The number of amides is 1. The molecule has 3 aromatic rings. The fourth-order valence-corrected chi connectivity index (χ4v) is 6.21. The van der Waals surface area contributed by atoms with Gasteiger partial charge in [0.25, 0.3) is 5.91 Å². The van der Waals surface area contributed by atoms with Crippen LogP contribution in [-0.4, -0.2) is 69.0 Å². The van der Waals surface area contributed by atoms with E-state index in [0.29, 0.717) is 49.7 Å². The molecule has 0 radical (unpaired) electrons. The zero-order valence-electron chi connectivity index (χ0n) is 19.1. The molecule has 8 nitrogen and oxygen atoms in total. The molecule has 0 saturated carbocycles. The van der Waals surface area contributed by atoms with Crippen LogP contribution in [0.1, 0.15) is 28.0 Å². The van der Waals surface area contributed by atoms with E-state index in [-0.39, 0.29) is 22.2 Å². The number of carbonyl (C=O) groups is 1. The summed E-state index contributed by atoms with van der Waals surface area (Å²) in [6, 6.07) is 15.1. The molecule has 2 aromatic carbocycles. The molecule has 1 aromatic heterocycles. The number of carbonyl (C=O) groups excluding carboxylic acids is 1. The predicted octanol–water partition coefficient (Wildman–Crippen LogP) is 2.88. The lowest BCUT2D eigenvalue weighted by atomic mass is 10.0. The van der Waals surface area contributed by atoms with Gasteiger partial charge in [-0.25, -0.2) is 13.1 Å². The Morgan fingerprint density at radius 1 is 1.12 bits per heavy atom. The van der Waals surface area contributed by atoms with Crippen molar-refractivity contribution in [3.63, 3.8) is 0 Å². The van der Waals surface area contributed by atoms with E-state index in [1.165, 1.54) is 0 Å². The van der Waals surface area contributed by atoms with E-state index in [2.05, 4.69) is 5.10 Å². The maximum absolute atomic E-state index is 13.4. The van der Waals surface area contributed by atoms with Crippen molar-refractivity contribution in [3.8, 4) is 16.9 Å². The maximum atomic E-state index is 13.4. The first-order valence-electron chi connectivity index (χ1n) is 11.4. The average Bonchev–Trinajstić information content (AvgIpc) is 3.23. The fraction of sp³-hybridized carbons (Fsp3) is 0.360. The van der Waals surface area contributed by atoms with Crippen LogP contribution in [0.5, 0.6) is 0 Å².